The van der Waals surface area contributed by atoms with Crippen molar-refractivity contribution in [3.8, 4) is 0 Å². The molecule has 1 rings (SSSR count). The highest BCUT2D eigenvalue weighted by Crippen LogP contribution is 2.00. The average Bonchev–Trinajstić information content (AvgIpc) is 2.74. The van der Waals surface area contributed by atoms with Crippen LogP contribution >= 0.6 is 0 Å². The van der Waals surface area contributed by atoms with Gasteiger partial charge in [-0.05, 0) is 0 Å². The standard InChI is InChI=1S/C10H18N4O2/c1-13(5-6-16-2)10(15)9-7-14(4-3-11)8-12-9/h7-8H,3-6,11H2,1-2H3. The summed E-state index contributed by atoms with van der Waals surface area (Å²) in [6.45, 7) is 2.27. The van der Waals surface area contributed by atoms with Crippen LogP contribution in [0.15, 0.2) is 12.5 Å². The third-order valence-corrected chi connectivity index (χ3v) is 2.22. The van der Waals surface area contributed by atoms with E-state index in [4.69, 9.17) is 10.5 Å². The van der Waals surface area contributed by atoms with Crippen molar-refractivity contribution in [1.29, 1.82) is 0 Å². The summed E-state index contributed by atoms with van der Waals surface area (Å²) in [6.07, 6.45) is 3.32. The van der Waals surface area contributed by atoms with E-state index in [9.17, 15) is 4.79 Å². The summed E-state index contributed by atoms with van der Waals surface area (Å²) in [4.78, 5) is 17.5. The van der Waals surface area contributed by atoms with Gasteiger partial charge in [0.1, 0.15) is 5.69 Å². The first-order chi connectivity index (χ1) is 7.69. The van der Waals surface area contributed by atoms with Gasteiger partial charge in [-0.25, -0.2) is 4.98 Å². The maximum atomic E-state index is 11.8. The number of nitrogens with zero attached hydrogens (tertiary/aromatic N) is 3. The third kappa shape index (κ3) is 3.32. The lowest BCUT2D eigenvalue weighted by molar-refractivity contribution is 0.0739. The predicted molar refractivity (Wildman–Crippen MR) is 60.1 cm³/mol. The number of aromatic nitrogens is 2. The summed E-state index contributed by atoms with van der Waals surface area (Å²) >= 11 is 0. The summed E-state index contributed by atoms with van der Waals surface area (Å²) in [5.41, 5.74) is 5.85. The second-order valence-electron chi connectivity index (χ2n) is 3.50. The molecule has 0 fully saturated rings. The van der Waals surface area contributed by atoms with Crippen molar-refractivity contribution in [2.75, 3.05) is 33.9 Å². The van der Waals surface area contributed by atoms with Gasteiger partial charge in [0, 0.05) is 40.0 Å². The predicted octanol–water partition coefficient (Wildman–Crippen LogP) is -0.440. The first-order valence-corrected chi connectivity index (χ1v) is 5.15. The molecule has 6 nitrogen and oxygen atoms in total. The van der Waals surface area contributed by atoms with Crippen molar-refractivity contribution in [1.82, 2.24) is 14.5 Å². The molecule has 1 aromatic heterocycles. The van der Waals surface area contributed by atoms with E-state index in [1.54, 1.807) is 36.1 Å². The van der Waals surface area contributed by atoms with Gasteiger partial charge in [-0.1, -0.05) is 0 Å². The van der Waals surface area contributed by atoms with Gasteiger partial charge < -0.3 is 19.9 Å². The number of hydrogen-bond acceptors (Lipinski definition) is 4. The summed E-state index contributed by atoms with van der Waals surface area (Å²) in [5.74, 6) is -0.104. The second-order valence-corrected chi connectivity index (χ2v) is 3.50. The topological polar surface area (TPSA) is 73.4 Å². The third-order valence-electron chi connectivity index (χ3n) is 2.22. The molecule has 0 aromatic carbocycles. The summed E-state index contributed by atoms with van der Waals surface area (Å²) in [7, 11) is 3.33. The van der Waals surface area contributed by atoms with Gasteiger partial charge in [-0.2, -0.15) is 0 Å². The first kappa shape index (κ1) is 12.7. The molecule has 0 saturated carbocycles. The molecule has 90 valence electrons. The molecule has 0 atom stereocenters. The van der Waals surface area contributed by atoms with Gasteiger partial charge in [0.05, 0.1) is 12.9 Å². The molecule has 0 bridgehead atoms. The number of ether oxygens (including phenoxy) is 1. The summed E-state index contributed by atoms with van der Waals surface area (Å²) in [5, 5.41) is 0. The Labute approximate surface area is 95.0 Å². The zero-order valence-electron chi connectivity index (χ0n) is 9.72. The average molecular weight is 226 g/mol. The number of imidazole rings is 1. The molecule has 0 aliphatic heterocycles. The van der Waals surface area contributed by atoms with Crippen molar-refractivity contribution in [2.24, 2.45) is 5.73 Å². The molecule has 0 spiro atoms. The monoisotopic (exact) mass is 226 g/mol. The molecular formula is C10H18N4O2. The van der Waals surface area contributed by atoms with Crippen molar-refractivity contribution >= 4 is 5.91 Å². The highest BCUT2D eigenvalue weighted by molar-refractivity contribution is 5.91. The Balaban J connectivity index is 2.57. The number of amides is 1. The van der Waals surface area contributed by atoms with E-state index in [1.807, 2.05) is 0 Å². The lowest BCUT2D eigenvalue weighted by Crippen LogP contribution is -2.30. The van der Waals surface area contributed by atoms with Crippen molar-refractivity contribution in [2.45, 2.75) is 6.54 Å². The smallest absolute Gasteiger partial charge is 0.273 e. The van der Waals surface area contributed by atoms with Crippen LogP contribution in [-0.4, -0.2) is 54.2 Å². The molecule has 16 heavy (non-hydrogen) atoms. The van der Waals surface area contributed by atoms with Gasteiger partial charge in [0.25, 0.3) is 5.91 Å². The fourth-order valence-corrected chi connectivity index (χ4v) is 1.27. The number of carbonyl (C=O) groups excluding carboxylic acids is 1. The van der Waals surface area contributed by atoms with Crippen LogP contribution in [0.3, 0.4) is 0 Å². The number of rotatable bonds is 6. The van der Waals surface area contributed by atoms with Crippen LogP contribution in [0.2, 0.25) is 0 Å². The number of methoxy groups -OCH3 is 1. The quantitative estimate of drug-likeness (QED) is 0.713. The maximum Gasteiger partial charge on any atom is 0.273 e. The lowest BCUT2D eigenvalue weighted by Gasteiger charge is -2.14. The molecule has 0 radical (unpaired) electrons. The molecule has 0 saturated heterocycles. The van der Waals surface area contributed by atoms with Crippen LogP contribution in [0.4, 0.5) is 0 Å². The van der Waals surface area contributed by atoms with Gasteiger partial charge >= 0.3 is 0 Å². The van der Waals surface area contributed by atoms with E-state index in [-0.39, 0.29) is 5.91 Å². The molecular weight excluding hydrogens is 208 g/mol. The van der Waals surface area contributed by atoms with E-state index in [0.717, 1.165) is 0 Å². The van der Waals surface area contributed by atoms with Gasteiger partial charge in [-0.15, -0.1) is 0 Å². The van der Waals surface area contributed by atoms with E-state index >= 15 is 0 Å². The van der Waals surface area contributed by atoms with Crippen LogP contribution in [0.25, 0.3) is 0 Å². The van der Waals surface area contributed by atoms with Gasteiger partial charge in [0.15, 0.2) is 0 Å². The van der Waals surface area contributed by atoms with E-state index in [2.05, 4.69) is 4.98 Å². The molecule has 1 heterocycles. The van der Waals surface area contributed by atoms with E-state index < -0.39 is 0 Å². The molecule has 0 aliphatic rings. The number of nitrogens with two attached hydrogens (primary N) is 1. The van der Waals surface area contributed by atoms with E-state index in [1.165, 1.54) is 0 Å². The molecule has 6 heteroatoms. The van der Waals surface area contributed by atoms with E-state index in [0.29, 0.717) is 31.9 Å². The minimum Gasteiger partial charge on any atom is -0.383 e. The Bertz CT molecular complexity index is 337. The highest BCUT2D eigenvalue weighted by atomic mass is 16.5. The zero-order chi connectivity index (χ0) is 12.0. The second kappa shape index (κ2) is 6.24. The van der Waals surface area contributed by atoms with Crippen LogP contribution in [-0.2, 0) is 11.3 Å². The first-order valence-electron chi connectivity index (χ1n) is 5.15. The SMILES string of the molecule is COCCN(C)C(=O)c1cn(CCN)cn1. The number of hydrogen-bond donors (Lipinski definition) is 1. The fourth-order valence-electron chi connectivity index (χ4n) is 1.27. The fraction of sp³-hybridized carbons (Fsp3) is 0.600. The van der Waals surface area contributed by atoms with Crippen LogP contribution in [0.1, 0.15) is 10.5 Å². The largest absolute Gasteiger partial charge is 0.383 e. The highest BCUT2D eigenvalue weighted by Gasteiger charge is 2.13. The van der Waals surface area contributed by atoms with Crippen molar-refractivity contribution < 1.29 is 9.53 Å². The van der Waals surface area contributed by atoms with Crippen LogP contribution < -0.4 is 5.73 Å². The summed E-state index contributed by atoms with van der Waals surface area (Å²) in [6, 6.07) is 0. The Morgan fingerprint density at radius 3 is 3.06 bits per heavy atom. The van der Waals surface area contributed by atoms with Crippen molar-refractivity contribution in [3.05, 3.63) is 18.2 Å². The molecule has 1 amide bonds. The van der Waals surface area contributed by atoms with Crippen molar-refractivity contribution in [3.63, 3.8) is 0 Å². The normalized spacial score (nSPS) is 10.4. The minimum absolute atomic E-state index is 0.104. The minimum atomic E-state index is -0.104. The number of carbonyl (C=O) groups is 1. The molecule has 0 unspecified atom stereocenters. The van der Waals surface area contributed by atoms with Gasteiger partial charge in [-0.3, -0.25) is 4.79 Å². The molecule has 2 N–H and O–H groups in total. The maximum absolute atomic E-state index is 11.8. The van der Waals surface area contributed by atoms with Gasteiger partial charge in [0.2, 0.25) is 0 Å². The Hall–Kier alpha value is -1.40. The van der Waals surface area contributed by atoms with Crippen LogP contribution in [0, 0.1) is 0 Å². The lowest BCUT2D eigenvalue weighted by atomic mass is 10.4. The van der Waals surface area contributed by atoms with Crippen LogP contribution in [0.5, 0.6) is 0 Å². The molecule has 1 aromatic rings. The summed E-state index contributed by atoms with van der Waals surface area (Å²) < 4.78 is 6.71. The Kier molecular flexibility index (Phi) is 4.94. The number of likely N-dealkylation sites (N-methyl/N-ethyl adjacent to an activating group) is 1. The Morgan fingerprint density at radius 2 is 2.44 bits per heavy atom. The molecule has 0 aliphatic carbocycles. The zero-order valence-corrected chi connectivity index (χ0v) is 9.72. The Morgan fingerprint density at radius 1 is 1.69 bits per heavy atom.